The van der Waals surface area contributed by atoms with Crippen LogP contribution in [-0.2, 0) is 10.0 Å². The topological polar surface area (TPSA) is 61.2 Å². The SMILES string of the molecule is Cc1ccc(S(=O)(=O)N(CCC#N)C2CCCCC2)cc1. The molecule has 0 radical (unpaired) electrons. The summed E-state index contributed by atoms with van der Waals surface area (Å²) in [7, 11) is -3.51. The molecule has 1 aliphatic rings. The van der Waals surface area contributed by atoms with Crippen molar-refractivity contribution in [3.8, 4) is 6.07 Å². The van der Waals surface area contributed by atoms with Crippen molar-refractivity contribution in [3.63, 3.8) is 0 Å². The maximum Gasteiger partial charge on any atom is 0.243 e. The van der Waals surface area contributed by atoms with Gasteiger partial charge in [0, 0.05) is 19.0 Å². The van der Waals surface area contributed by atoms with Crippen LogP contribution in [-0.4, -0.2) is 25.3 Å². The van der Waals surface area contributed by atoms with Crippen LogP contribution in [0.2, 0.25) is 0 Å². The summed E-state index contributed by atoms with van der Waals surface area (Å²) in [6.45, 7) is 2.22. The number of aryl methyl sites for hydroxylation is 1. The van der Waals surface area contributed by atoms with E-state index in [9.17, 15) is 8.42 Å². The molecule has 1 aliphatic carbocycles. The smallest absolute Gasteiger partial charge is 0.207 e. The lowest BCUT2D eigenvalue weighted by molar-refractivity contribution is 0.256. The van der Waals surface area contributed by atoms with Crippen LogP contribution in [0.3, 0.4) is 0 Å². The molecule has 0 bridgehead atoms. The number of hydrogen-bond acceptors (Lipinski definition) is 3. The van der Waals surface area contributed by atoms with E-state index in [0.717, 1.165) is 31.2 Å². The molecule has 0 aromatic heterocycles. The lowest BCUT2D eigenvalue weighted by atomic mass is 9.95. The van der Waals surface area contributed by atoms with E-state index in [2.05, 4.69) is 6.07 Å². The minimum absolute atomic E-state index is 0.0402. The molecule has 114 valence electrons. The van der Waals surface area contributed by atoms with E-state index >= 15 is 0 Å². The Morgan fingerprint density at radius 3 is 2.38 bits per heavy atom. The Balaban J connectivity index is 2.29. The third kappa shape index (κ3) is 3.84. The Hall–Kier alpha value is -1.38. The van der Waals surface area contributed by atoms with Gasteiger partial charge >= 0.3 is 0 Å². The maximum atomic E-state index is 12.9. The molecule has 1 aromatic rings. The third-order valence-corrected chi connectivity index (χ3v) is 6.02. The average molecular weight is 306 g/mol. The number of hydrogen-bond donors (Lipinski definition) is 0. The predicted molar refractivity (Wildman–Crippen MR) is 82.2 cm³/mol. The van der Waals surface area contributed by atoms with Crippen molar-refractivity contribution in [3.05, 3.63) is 29.8 Å². The predicted octanol–water partition coefficient (Wildman–Crippen LogP) is 3.23. The van der Waals surface area contributed by atoms with Gasteiger partial charge in [-0.25, -0.2) is 8.42 Å². The van der Waals surface area contributed by atoms with Gasteiger partial charge in [-0.3, -0.25) is 0 Å². The number of sulfonamides is 1. The molecular weight excluding hydrogens is 284 g/mol. The summed E-state index contributed by atoms with van der Waals surface area (Å²) in [6, 6.07) is 9.05. The van der Waals surface area contributed by atoms with Gasteiger partial charge in [0.2, 0.25) is 10.0 Å². The summed E-state index contributed by atoms with van der Waals surface area (Å²) < 4.78 is 27.3. The van der Waals surface area contributed by atoms with Gasteiger partial charge in [-0.2, -0.15) is 9.57 Å². The minimum Gasteiger partial charge on any atom is -0.207 e. The Morgan fingerprint density at radius 1 is 1.19 bits per heavy atom. The summed E-state index contributed by atoms with van der Waals surface area (Å²) in [5.41, 5.74) is 1.04. The van der Waals surface area contributed by atoms with Crippen LogP contribution in [0.15, 0.2) is 29.2 Å². The highest BCUT2D eigenvalue weighted by Crippen LogP contribution is 2.28. The van der Waals surface area contributed by atoms with E-state index in [4.69, 9.17) is 5.26 Å². The Kier molecular flexibility index (Phi) is 5.38. The van der Waals surface area contributed by atoms with Gasteiger partial charge in [0.25, 0.3) is 0 Å². The molecule has 5 heteroatoms. The molecule has 0 unspecified atom stereocenters. The van der Waals surface area contributed by atoms with Crippen LogP contribution in [0.25, 0.3) is 0 Å². The molecule has 0 aliphatic heterocycles. The molecule has 1 saturated carbocycles. The molecule has 4 nitrogen and oxygen atoms in total. The molecule has 21 heavy (non-hydrogen) atoms. The molecule has 0 atom stereocenters. The highest BCUT2D eigenvalue weighted by Gasteiger charge is 2.31. The lowest BCUT2D eigenvalue weighted by Crippen LogP contribution is -2.41. The zero-order valence-electron chi connectivity index (χ0n) is 12.5. The summed E-state index contributed by atoms with van der Waals surface area (Å²) in [6.07, 6.45) is 5.34. The molecule has 0 heterocycles. The zero-order chi connectivity index (χ0) is 15.3. The van der Waals surface area contributed by atoms with Gasteiger partial charge in [0.1, 0.15) is 0 Å². The lowest BCUT2D eigenvalue weighted by Gasteiger charge is -2.33. The average Bonchev–Trinajstić information content (AvgIpc) is 2.49. The minimum atomic E-state index is -3.51. The fraction of sp³-hybridized carbons (Fsp3) is 0.562. The number of rotatable bonds is 5. The van der Waals surface area contributed by atoms with Crippen molar-refractivity contribution in [1.29, 1.82) is 5.26 Å². The third-order valence-electron chi connectivity index (χ3n) is 4.05. The summed E-state index contributed by atoms with van der Waals surface area (Å²) >= 11 is 0. The number of benzene rings is 1. The fourth-order valence-electron chi connectivity index (χ4n) is 2.87. The van der Waals surface area contributed by atoms with E-state index in [1.165, 1.54) is 6.42 Å². The van der Waals surface area contributed by atoms with Gasteiger partial charge in [-0.15, -0.1) is 0 Å². The van der Waals surface area contributed by atoms with Gasteiger partial charge in [0.05, 0.1) is 11.0 Å². The monoisotopic (exact) mass is 306 g/mol. The largest absolute Gasteiger partial charge is 0.243 e. The van der Waals surface area contributed by atoms with E-state index in [-0.39, 0.29) is 19.0 Å². The molecule has 0 spiro atoms. The number of nitrogens with zero attached hydrogens (tertiary/aromatic N) is 2. The fourth-order valence-corrected chi connectivity index (χ4v) is 4.56. The quantitative estimate of drug-likeness (QED) is 0.839. The van der Waals surface area contributed by atoms with E-state index < -0.39 is 10.0 Å². The zero-order valence-corrected chi connectivity index (χ0v) is 13.3. The van der Waals surface area contributed by atoms with E-state index in [0.29, 0.717) is 4.90 Å². The van der Waals surface area contributed by atoms with Crippen molar-refractivity contribution in [1.82, 2.24) is 4.31 Å². The highest BCUT2D eigenvalue weighted by molar-refractivity contribution is 7.89. The molecule has 2 rings (SSSR count). The summed E-state index contributed by atoms with van der Waals surface area (Å²) in [4.78, 5) is 0.330. The molecule has 0 saturated heterocycles. The maximum absolute atomic E-state index is 12.9. The van der Waals surface area contributed by atoms with Gasteiger partial charge < -0.3 is 0 Å². The number of nitriles is 1. The second kappa shape index (κ2) is 7.06. The van der Waals surface area contributed by atoms with Gasteiger partial charge in [-0.1, -0.05) is 37.0 Å². The molecular formula is C16H22N2O2S. The van der Waals surface area contributed by atoms with E-state index in [1.807, 2.05) is 19.1 Å². The molecule has 1 aromatic carbocycles. The van der Waals surface area contributed by atoms with Gasteiger partial charge in [0.15, 0.2) is 0 Å². The van der Waals surface area contributed by atoms with Gasteiger partial charge in [-0.05, 0) is 31.9 Å². The highest BCUT2D eigenvalue weighted by atomic mass is 32.2. The van der Waals surface area contributed by atoms with Crippen molar-refractivity contribution >= 4 is 10.0 Å². The summed E-state index contributed by atoms with van der Waals surface area (Å²) in [5, 5.41) is 8.81. The second-order valence-electron chi connectivity index (χ2n) is 5.63. The normalized spacial score (nSPS) is 16.8. The van der Waals surface area contributed by atoms with Crippen LogP contribution in [0, 0.1) is 18.3 Å². The van der Waals surface area contributed by atoms with Crippen molar-refractivity contribution < 1.29 is 8.42 Å². The summed E-state index contributed by atoms with van der Waals surface area (Å²) in [5.74, 6) is 0. The Labute approximate surface area is 127 Å². The van der Waals surface area contributed by atoms with Crippen LogP contribution < -0.4 is 0 Å². The first-order valence-electron chi connectivity index (χ1n) is 7.51. The van der Waals surface area contributed by atoms with Crippen molar-refractivity contribution in [2.75, 3.05) is 6.54 Å². The molecule has 0 N–H and O–H groups in total. The standard InChI is InChI=1S/C16H22N2O2S/c1-14-8-10-16(11-9-14)21(19,20)18(13-5-12-17)15-6-3-2-4-7-15/h8-11,15H,2-7,13H2,1H3. The first-order valence-corrected chi connectivity index (χ1v) is 8.95. The van der Waals surface area contributed by atoms with Crippen LogP contribution in [0.1, 0.15) is 44.1 Å². The van der Waals surface area contributed by atoms with Crippen molar-refractivity contribution in [2.45, 2.75) is 56.4 Å². The van der Waals surface area contributed by atoms with Crippen LogP contribution in [0.5, 0.6) is 0 Å². The molecule has 0 amide bonds. The van der Waals surface area contributed by atoms with Crippen LogP contribution in [0.4, 0.5) is 0 Å². The first-order chi connectivity index (χ1) is 10.1. The van der Waals surface area contributed by atoms with E-state index in [1.54, 1.807) is 16.4 Å². The van der Waals surface area contributed by atoms with Crippen molar-refractivity contribution in [2.24, 2.45) is 0 Å². The Bertz CT molecular complexity index is 596. The Morgan fingerprint density at radius 2 is 1.81 bits per heavy atom. The molecule has 1 fully saturated rings. The van der Waals surface area contributed by atoms with Crippen LogP contribution >= 0.6 is 0 Å². The first kappa shape index (κ1) is 16.0. The second-order valence-corrected chi connectivity index (χ2v) is 7.52.